The lowest BCUT2D eigenvalue weighted by Gasteiger charge is -2.17. The van der Waals surface area contributed by atoms with Crippen molar-refractivity contribution in [3.8, 4) is 0 Å². The molecule has 1 fully saturated rings. The van der Waals surface area contributed by atoms with E-state index in [4.69, 9.17) is 4.74 Å². The molecule has 2 N–H and O–H groups in total. The topological polar surface area (TPSA) is 68.2 Å². The summed E-state index contributed by atoms with van der Waals surface area (Å²) in [5, 5.41) is 10.5. The number of nitrogens with one attached hydrogen (secondary N) is 2. The Balaban J connectivity index is 1.62. The SMILES string of the molecule is CO[C@H]1CNC[C@@H]1NC(=O)c1cnn(Cc2ccccc2)c1. The fraction of sp³-hybridized carbons (Fsp3) is 0.375. The normalized spacial score (nSPS) is 21.0. The van der Waals surface area contributed by atoms with Crippen molar-refractivity contribution >= 4 is 5.91 Å². The van der Waals surface area contributed by atoms with E-state index in [-0.39, 0.29) is 18.1 Å². The average molecular weight is 300 g/mol. The number of methoxy groups -OCH3 is 1. The van der Waals surface area contributed by atoms with Crippen molar-refractivity contribution < 1.29 is 9.53 Å². The van der Waals surface area contributed by atoms with Crippen LogP contribution in [0.15, 0.2) is 42.7 Å². The van der Waals surface area contributed by atoms with Gasteiger partial charge in [0.15, 0.2) is 0 Å². The van der Waals surface area contributed by atoms with E-state index in [0.29, 0.717) is 12.1 Å². The molecule has 22 heavy (non-hydrogen) atoms. The number of carbonyl (C=O) groups is 1. The van der Waals surface area contributed by atoms with Crippen LogP contribution in [0, 0.1) is 0 Å². The van der Waals surface area contributed by atoms with Crippen LogP contribution in [0.3, 0.4) is 0 Å². The Morgan fingerprint density at radius 1 is 1.41 bits per heavy atom. The maximum Gasteiger partial charge on any atom is 0.254 e. The maximum atomic E-state index is 12.3. The Morgan fingerprint density at radius 2 is 2.23 bits per heavy atom. The number of benzene rings is 1. The number of carbonyl (C=O) groups excluding carboxylic acids is 1. The number of hydrogen-bond acceptors (Lipinski definition) is 4. The highest BCUT2D eigenvalue weighted by Crippen LogP contribution is 2.07. The van der Waals surface area contributed by atoms with Crippen LogP contribution in [0.4, 0.5) is 0 Å². The molecule has 6 heteroatoms. The summed E-state index contributed by atoms with van der Waals surface area (Å²) >= 11 is 0. The third kappa shape index (κ3) is 3.35. The molecule has 2 atom stereocenters. The quantitative estimate of drug-likeness (QED) is 0.851. The third-order valence-corrected chi connectivity index (χ3v) is 3.86. The summed E-state index contributed by atoms with van der Waals surface area (Å²) in [4.78, 5) is 12.3. The molecule has 1 amide bonds. The van der Waals surface area contributed by atoms with Gasteiger partial charge in [-0.05, 0) is 5.56 Å². The highest BCUT2D eigenvalue weighted by Gasteiger charge is 2.28. The minimum atomic E-state index is -0.116. The van der Waals surface area contributed by atoms with Gasteiger partial charge >= 0.3 is 0 Å². The first-order valence-corrected chi connectivity index (χ1v) is 7.37. The second kappa shape index (κ2) is 6.72. The highest BCUT2D eigenvalue weighted by molar-refractivity contribution is 5.93. The summed E-state index contributed by atoms with van der Waals surface area (Å²) in [6, 6.07) is 10.0. The molecule has 0 spiro atoms. The second-order valence-corrected chi connectivity index (χ2v) is 5.42. The van der Waals surface area contributed by atoms with Crippen molar-refractivity contribution in [3.05, 3.63) is 53.9 Å². The van der Waals surface area contributed by atoms with E-state index >= 15 is 0 Å². The van der Waals surface area contributed by atoms with E-state index in [1.165, 1.54) is 0 Å². The zero-order valence-corrected chi connectivity index (χ0v) is 12.5. The first-order valence-electron chi connectivity index (χ1n) is 7.37. The minimum Gasteiger partial charge on any atom is -0.378 e. The molecule has 116 valence electrons. The van der Waals surface area contributed by atoms with Crippen LogP contribution >= 0.6 is 0 Å². The molecule has 1 aromatic heterocycles. The van der Waals surface area contributed by atoms with Crippen LogP contribution in [0.1, 0.15) is 15.9 Å². The molecule has 3 rings (SSSR count). The van der Waals surface area contributed by atoms with E-state index in [1.807, 2.05) is 30.3 Å². The van der Waals surface area contributed by atoms with Gasteiger partial charge in [0.1, 0.15) is 0 Å². The van der Waals surface area contributed by atoms with Crippen LogP contribution in [0.5, 0.6) is 0 Å². The van der Waals surface area contributed by atoms with Crippen molar-refractivity contribution in [1.82, 2.24) is 20.4 Å². The zero-order chi connectivity index (χ0) is 15.4. The molecule has 1 aromatic carbocycles. The zero-order valence-electron chi connectivity index (χ0n) is 12.5. The Morgan fingerprint density at radius 3 is 3.00 bits per heavy atom. The molecule has 0 radical (unpaired) electrons. The number of ether oxygens (including phenoxy) is 1. The molecule has 0 aliphatic carbocycles. The first-order chi connectivity index (χ1) is 10.8. The van der Waals surface area contributed by atoms with Gasteiger partial charge in [-0.3, -0.25) is 9.48 Å². The van der Waals surface area contributed by atoms with E-state index in [2.05, 4.69) is 15.7 Å². The van der Waals surface area contributed by atoms with Crippen LogP contribution in [-0.2, 0) is 11.3 Å². The average Bonchev–Trinajstić information content (AvgIpc) is 3.17. The molecule has 1 saturated heterocycles. The van der Waals surface area contributed by atoms with Gasteiger partial charge in [0.05, 0.1) is 30.5 Å². The summed E-state index contributed by atoms with van der Waals surface area (Å²) in [5.74, 6) is -0.116. The van der Waals surface area contributed by atoms with E-state index in [9.17, 15) is 4.79 Å². The van der Waals surface area contributed by atoms with Gasteiger partial charge in [0, 0.05) is 26.4 Å². The number of amides is 1. The Labute approximate surface area is 129 Å². The van der Waals surface area contributed by atoms with Crippen molar-refractivity contribution in [2.24, 2.45) is 0 Å². The lowest BCUT2D eigenvalue weighted by molar-refractivity contribution is 0.0780. The number of nitrogens with zero attached hydrogens (tertiary/aromatic N) is 2. The number of rotatable bonds is 5. The van der Waals surface area contributed by atoms with Gasteiger partial charge in [0.2, 0.25) is 0 Å². The van der Waals surface area contributed by atoms with Gasteiger partial charge in [-0.15, -0.1) is 0 Å². The summed E-state index contributed by atoms with van der Waals surface area (Å²) in [7, 11) is 1.66. The molecule has 0 bridgehead atoms. The highest BCUT2D eigenvalue weighted by atomic mass is 16.5. The van der Waals surface area contributed by atoms with E-state index < -0.39 is 0 Å². The van der Waals surface area contributed by atoms with Gasteiger partial charge in [-0.1, -0.05) is 30.3 Å². The number of hydrogen-bond donors (Lipinski definition) is 2. The molecule has 6 nitrogen and oxygen atoms in total. The van der Waals surface area contributed by atoms with Crippen molar-refractivity contribution in [2.45, 2.75) is 18.7 Å². The largest absolute Gasteiger partial charge is 0.378 e. The molecule has 2 heterocycles. The smallest absolute Gasteiger partial charge is 0.254 e. The van der Waals surface area contributed by atoms with Crippen LogP contribution < -0.4 is 10.6 Å². The Kier molecular flexibility index (Phi) is 4.50. The second-order valence-electron chi connectivity index (χ2n) is 5.42. The van der Waals surface area contributed by atoms with Gasteiger partial charge in [-0.2, -0.15) is 5.10 Å². The maximum absolute atomic E-state index is 12.3. The van der Waals surface area contributed by atoms with Crippen molar-refractivity contribution in [1.29, 1.82) is 0 Å². The van der Waals surface area contributed by atoms with E-state index in [0.717, 1.165) is 18.7 Å². The van der Waals surface area contributed by atoms with E-state index in [1.54, 1.807) is 24.2 Å². The van der Waals surface area contributed by atoms with Crippen LogP contribution in [0.2, 0.25) is 0 Å². The van der Waals surface area contributed by atoms with Crippen molar-refractivity contribution in [2.75, 3.05) is 20.2 Å². The summed E-state index contributed by atoms with van der Waals surface area (Å²) in [6.07, 6.45) is 3.39. The Hall–Kier alpha value is -2.18. The molecular weight excluding hydrogens is 280 g/mol. The summed E-state index contributed by atoms with van der Waals surface area (Å²) in [6.45, 7) is 2.14. The summed E-state index contributed by atoms with van der Waals surface area (Å²) < 4.78 is 7.12. The fourth-order valence-corrected chi connectivity index (χ4v) is 2.64. The lowest BCUT2D eigenvalue weighted by Crippen LogP contribution is -2.43. The molecule has 1 aliphatic rings. The molecular formula is C16H20N4O2. The molecule has 1 aliphatic heterocycles. The summed E-state index contributed by atoms with van der Waals surface area (Å²) in [5.41, 5.74) is 1.72. The standard InChI is InChI=1S/C16H20N4O2/c1-22-15-9-17-8-14(15)19-16(21)13-7-18-20(11-13)10-12-5-3-2-4-6-12/h2-7,11,14-15,17H,8-10H2,1H3,(H,19,21)/t14-,15-/m0/s1. The molecule has 0 saturated carbocycles. The van der Waals surface area contributed by atoms with Gasteiger partial charge in [0.25, 0.3) is 5.91 Å². The monoisotopic (exact) mass is 300 g/mol. The van der Waals surface area contributed by atoms with Crippen molar-refractivity contribution in [3.63, 3.8) is 0 Å². The predicted molar refractivity (Wildman–Crippen MR) is 82.7 cm³/mol. The third-order valence-electron chi connectivity index (χ3n) is 3.86. The molecule has 2 aromatic rings. The number of aromatic nitrogens is 2. The first kappa shape index (κ1) is 14.7. The van der Waals surface area contributed by atoms with Crippen LogP contribution in [0.25, 0.3) is 0 Å². The van der Waals surface area contributed by atoms with Gasteiger partial charge in [-0.25, -0.2) is 0 Å². The lowest BCUT2D eigenvalue weighted by atomic mass is 10.2. The van der Waals surface area contributed by atoms with Gasteiger partial charge < -0.3 is 15.4 Å². The molecule has 0 unspecified atom stereocenters. The minimum absolute atomic E-state index is 0.00465. The van der Waals surface area contributed by atoms with Crippen LogP contribution in [-0.4, -0.2) is 48.0 Å². The fourth-order valence-electron chi connectivity index (χ4n) is 2.64. The predicted octanol–water partition coefficient (Wildman–Crippen LogP) is 0.648. The Bertz CT molecular complexity index is 626.